The molecule has 3 rings (SSSR count). The fraction of sp³-hybridized carbons (Fsp3) is 0.375. The molecular weight excluding hydrogens is 248 g/mol. The third kappa shape index (κ3) is 2.80. The van der Waals surface area contributed by atoms with Crippen LogP contribution >= 0.6 is 0 Å². The summed E-state index contributed by atoms with van der Waals surface area (Å²) in [5.74, 6) is 1.84. The molecule has 1 N–H and O–H groups in total. The molecule has 4 heteroatoms. The van der Waals surface area contributed by atoms with Crippen molar-refractivity contribution >= 4 is 5.82 Å². The summed E-state index contributed by atoms with van der Waals surface area (Å²) in [5.41, 5.74) is 2.08. The first-order valence-electron chi connectivity index (χ1n) is 7.12. The SMILES string of the molecule is Cc1cc(N2CCN[C@@H](C)C2)nc(-c2ccccc2)n1. The molecule has 1 aliphatic heterocycles. The van der Waals surface area contributed by atoms with Gasteiger partial charge in [0.05, 0.1) is 0 Å². The molecule has 0 unspecified atom stereocenters. The van der Waals surface area contributed by atoms with Crippen LogP contribution in [0.25, 0.3) is 11.4 Å². The Morgan fingerprint density at radius 3 is 2.75 bits per heavy atom. The van der Waals surface area contributed by atoms with E-state index in [0.717, 1.165) is 42.5 Å². The van der Waals surface area contributed by atoms with Gasteiger partial charge in [0.25, 0.3) is 0 Å². The van der Waals surface area contributed by atoms with E-state index in [-0.39, 0.29) is 0 Å². The molecule has 1 aromatic carbocycles. The summed E-state index contributed by atoms with van der Waals surface area (Å²) < 4.78 is 0. The number of piperazine rings is 1. The molecule has 0 aliphatic carbocycles. The Labute approximate surface area is 119 Å². The molecule has 0 saturated carbocycles. The van der Waals surface area contributed by atoms with Crippen molar-refractivity contribution in [3.8, 4) is 11.4 Å². The minimum atomic E-state index is 0.499. The van der Waals surface area contributed by atoms with E-state index in [1.54, 1.807) is 0 Å². The molecule has 4 nitrogen and oxygen atoms in total. The lowest BCUT2D eigenvalue weighted by Gasteiger charge is -2.33. The lowest BCUT2D eigenvalue weighted by molar-refractivity contribution is 0.482. The van der Waals surface area contributed by atoms with Crippen LogP contribution in [0, 0.1) is 6.92 Å². The van der Waals surface area contributed by atoms with Gasteiger partial charge in [-0.05, 0) is 13.8 Å². The highest BCUT2D eigenvalue weighted by Gasteiger charge is 2.18. The van der Waals surface area contributed by atoms with E-state index in [0.29, 0.717) is 6.04 Å². The van der Waals surface area contributed by atoms with Crippen LogP contribution in [-0.4, -0.2) is 35.6 Å². The Kier molecular flexibility index (Phi) is 3.65. The molecule has 1 fully saturated rings. The standard InChI is InChI=1S/C16H20N4/c1-12-10-15(20-9-8-17-13(2)11-20)19-16(18-12)14-6-4-3-5-7-14/h3-7,10,13,17H,8-9,11H2,1-2H3/t13-/m0/s1. The van der Waals surface area contributed by atoms with Crippen molar-refractivity contribution in [1.82, 2.24) is 15.3 Å². The van der Waals surface area contributed by atoms with Crippen molar-refractivity contribution < 1.29 is 0 Å². The monoisotopic (exact) mass is 268 g/mol. The van der Waals surface area contributed by atoms with Crippen molar-refractivity contribution in [3.63, 3.8) is 0 Å². The summed E-state index contributed by atoms with van der Waals surface area (Å²) in [6, 6.07) is 12.7. The van der Waals surface area contributed by atoms with E-state index < -0.39 is 0 Å². The van der Waals surface area contributed by atoms with Gasteiger partial charge in [0.15, 0.2) is 5.82 Å². The molecule has 0 spiro atoms. The van der Waals surface area contributed by atoms with Gasteiger partial charge in [-0.1, -0.05) is 30.3 Å². The summed E-state index contributed by atoms with van der Waals surface area (Å²) >= 11 is 0. The highest BCUT2D eigenvalue weighted by atomic mass is 15.2. The smallest absolute Gasteiger partial charge is 0.161 e. The molecular formula is C16H20N4. The zero-order chi connectivity index (χ0) is 13.9. The third-order valence-electron chi connectivity index (χ3n) is 3.57. The van der Waals surface area contributed by atoms with Gasteiger partial charge >= 0.3 is 0 Å². The van der Waals surface area contributed by atoms with Crippen molar-refractivity contribution in [2.24, 2.45) is 0 Å². The van der Waals surface area contributed by atoms with E-state index >= 15 is 0 Å². The zero-order valence-electron chi connectivity index (χ0n) is 12.0. The Balaban J connectivity index is 1.94. The maximum atomic E-state index is 4.75. The average Bonchev–Trinajstić information content (AvgIpc) is 2.47. The molecule has 20 heavy (non-hydrogen) atoms. The van der Waals surface area contributed by atoms with Gasteiger partial charge in [0.2, 0.25) is 0 Å². The molecule has 0 amide bonds. The molecule has 2 aromatic rings. The van der Waals surface area contributed by atoms with Gasteiger partial charge in [0.1, 0.15) is 5.82 Å². The number of rotatable bonds is 2. The molecule has 1 aliphatic rings. The van der Waals surface area contributed by atoms with Crippen LogP contribution in [-0.2, 0) is 0 Å². The fourth-order valence-electron chi connectivity index (χ4n) is 2.57. The lowest BCUT2D eigenvalue weighted by atomic mass is 10.2. The third-order valence-corrected chi connectivity index (χ3v) is 3.57. The second kappa shape index (κ2) is 5.59. The molecule has 0 radical (unpaired) electrons. The number of benzene rings is 1. The molecule has 1 aromatic heterocycles. The average molecular weight is 268 g/mol. The predicted octanol–water partition coefficient (Wildman–Crippen LogP) is 2.25. The summed E-state index contributed by atoms with van der Waals surface area (Å²) in [6.45, 7) is 7.23. The van der Waals surface area contributed by atoms with Gasteiger partial charge in [-0.25, -0.2) is 9.97 Å². The van der Waals surface area contributed by atoms with Crippen molar-refractivity contribution in [3.05, 3.63) is 42.1 Å². The van der Waals surface area contributed by atoms with Crippen LogP contribution in [0.2, 0.25) is 0 Å². The van der Waals surface area contributed by atoms with E-state index in [1.165, 1.54) is 0 Å². The van der Waals surface area contributed by atoms with Crippen LogP contribution in [0.15, 0.2) is 36.4 Å². The summed E-state index contributed by atoms with van der Waals surface area (Å²) in [7, 11) is 0. The molecule has 1 saturated heterocycles. The largest absolute Gasteiger partial charge is 0.354 e. The van der Waals surface area contributed by atoms with Crippen molar-refractivity contribution in [1.29, 1.82) is 0 Å². The predicted molar refractivity (Wildman–Crippen MR) is 81.9 cm³/mol. The molecule has 104 valence electrons. The second-order valence-corrected chi connectivity index (χ2v) is 5.36. The molecule has 1 atom stereocenters. The normalized spacial score (nSPS) is 19.1. The minimum absolute atomic E-state index is 0.499. The van der Waals surface area contributed by atoms with Crippen LogP contribution in [0.4, 0.5) is 5.82 Å². The summed E-state index contributed by atoms with van der Waals surface area (Å²) in [6.07, 6.45) is 0. The topological polar surface area (TPSA) is 41.0 Å². The minimum Gasteiger partial charge on any atom is -0.354 e. The van der Waals surface area contributed by atoms with Gasteiger partial charge in [-0.3, -0.25) is 0 Å². The van der Waals surface area contributed by atoms with Crippen molar-refractivity contribution in [2.45, 2.75) is 19.9 Å². The Morgan fingerprint density at radius 1 is 1.20 bits per heavy atom. The van der Waals surface area contributed by atoms with E-state index in [9.17, 15) is 0 Å². The number of anilines is 1. The van der Waals surface area contributed by atoms with Crippen molar-refractivity contribution in [2.75, 3.05) is 24.5 Å². The lowest BCUT2D eigenvalue weighted by Crippen LogP contribution is -2.49. The Bertz CT molecular complexity index is 582. The molecule has 2 heterocycles. The maximum absolute atomic E-state index is 4.75. The fourth-order valence-corrected chi connectivity index (χ4v) is 2.57. The van der Waals surface area contributed by atoms with Gasteiger partial charge < -0.3 is 10.2 Å². The highest BCUT2D eigenvalue weighted by Crippen LogP contribution is 2.20. The first kappa shape index (κ1) is 13.1. The Morgan fingerprint density at radius 2 is 2.00 bits per heavy atom. The number of nitrogens with zero attached hydrogens (tertiary/aromatic N) is 3. The zero-order valence-corrected chi connectivity index (χ0v) is 12.0. The summed E-state index contributed by atoms with van der Waals surface area (Å²) in [5, 5.41) is 3.46. The van der Waals surface area contributed by atoms with Crippen LogP contribution in [0.5, 0.6) is 0 Å². The van der Waals surface area contributed by atoms with Gasteiger partial charge in [0, 0.05) is 43.0 Å². The number of hydrogen-bond acceptors (Lipinski definition) is 4. The second-order valence-electron chi connectivity index (χ2n) is 5.36. The molecule has 0 bridgehead atoms. The number of aryl methyl sites for hydroxylation is 1. The highest BCUT2D eigenvalue weighted by molar-refractivity contribution is 5.58. The number of aromatic nitrogens is 2. The van der Waals surface area contributed by atoms with E-state index in [2.05, 4.69) is 40.3 Å². The van der Waals surface area contributed by atoms with Crippen LogP contribution in [0.3, 0.4) is 0 Å². The van der Waals surface area contributed by atoms with E-state index in [1.807, 2.05) is 25.1 Å². The maximum Gasteiger partial charge on any atom is 0.161 e. The Hall–Kier alpha value is -1.94. The quantitative estimate of drug-likeness (QED) is 0.907. The first-order chi connectivity index (χ1) is 9.72. The van der Waals surface area contributed by atoms with Crippen LogP contribution < -0.4 is 10.2 Å². The first-order valence-corrected chi connectivity index (χ1v) is 7.12. The summed E-state index contributed by atoms with van der Waals surface area (Å²) in [4.78, 5) is 11.6. The van der Waals surface area contributed by atoms with Gasteiger partial charge in [-0.15, -0.1) is 0 Å². The van der Waals surface area contributed by atoms with E-state index in [4.69, 9.17) is 4.98 Å². The number of hydrogen-bond donors (Lipinski definition) is 1. The van der Waals surface area contributed by atoms with Gasteiger partial charge in [-0.2, -0.15) is 0 Å². The number of nitrogens with one attached hydrogen (secondary N) is 1. The van der Waals surface area contributed by atoms with Crippen LogP contribution in [0.1, 0.15) is 12.6 Å².